The first kappa shape index (κ1) is 12.4. The van der Waals surface area contributed by atoms with E-state index in [4.69, 9.17) is 5.10 Å². The molecule has 1 N–H and O–H groups in total. The number of nitrogens with one attached hydrogen (secondary N) is 1. The second-order valence-electron chi connectivity index (χ2n) is 5.76. The van der Waals surface area contributed by atoms with E-state index >= 15 is 0 Å². The molecule has 0 saturated carbocycles. The van der Waals surface area contributed by atoms with Crippen LogP contribution in [0.2, 0.25) is 0 Å². The molecule has 4 rings (SSSR count). The summed E-state index contributed by atoms with van der Waals surface area (Å²) in [6.07, 6.45) is 1.04. The molecule has 1 atom stereocenters. The van der Waals surface area contributed by atoms with Crippen LogP contribution in [-0.4, -0.2) is 21.3 Å². The fourth-order valence-corrected chi connectivity index (χ4v) is 3.03. The summed E-state index contributed by atoms with van der Waals surface area (Å²) in [7, 11) is 0. The minimum Gasteiger partial charge on any atom is -0.370 e. The molecule has 0 radical (unpaired) electrons. The van der Waals surface area contributed by atoms with Crippen LogP contribution in [0.25, 0.3) is 11.0 Å². The van der Waals surface area contributed by atoms with Gasteiger partial charge in [0.25, 0.3) is 0 Å². The van der Waals surface area contributed by atoms with E-state index in [1.807, 2.05) is 13.0 Å². The quantitative estimate of drug-likeness (QED) is 0.741. The number of benzene rings is 1. The van der Waals surface area contributed by atoms with Gasteiger partial charge in [-0.1, -0.05) is 29.8 Å². The van der Waals surface area contributed by atoms with Crippen molar-refractivity contribution in [2.75, 3.05) is 11.9 Å². The average Bonchev–Trinajstić information content (AvgIpc) is 2.85. The minimum atomic E-state index is 0.288. The maximum absolute atomic E-state index is 4.74. The van der Waals surface area contributed by atoms with E-state index in [0.29, 0.717) is 0 Å². The first-order valence-electron chi connectivity index (χ1n) is 7.39. The largest absolute Gasteiger partial charge is 0.370 e. The summed E-state index contributed by atoms with van der Waals surface area (Å²) in [4.78, 5) is 4.55. The van der Waals surface area contributed by atoms with Crippen LogP contribution >= 0.6 is 0 Å². The van der Waals surface area contributed by atoms with Crippen molar-refractivity contribution < 1.29 is 0 Å². The number of pyridine rings is 1. The number of anilines is 1. The van der Waals surface area contributed by atoms with Crippen LogP contribution in [0.3, 0.4) is 0 Å². The number of hydrogen-bond acceptors (Lipinski definition) is 3. The van der Waals surface area contributed by atoms with Crippen LogP contribution in [0.1, 0.15) is 29.3 Å². The van der Waals surface area contributed by atoms with Crippen molar-refractivity contribution in [1.29, 1.82) is 0 Å². The standard InChI is InChI=1S/C17H18N4/c1-11-3-6-13(7-4-11)15-9-10-18-17-14-8-5-12(2)19-16(14)20-21(15)17/h3-8,15,18H,9-10H2,1-2H3. The Morgan fingerprint density at radius 3 is 2.71 bits per heavy atom. The van der Waals surface area contributed by atoms with Crippen LogP contribution in [0.4, 0.5) is 5.82 Å². The Balaban J connectivity index is 1.87. The molecule has 3 aromatic rings. The third kappa shape index (κ3) is 1.98. The summed E-state index contributed by atoms with van der Waals surface area (Å²) >= 11 is 0. The van der Waals surface area contributed by atoms with E-state index in [1.165, 1.54) is 11.1 Å². The number of rotatable bonds is 1. The van der Waals surface area contributed by atoms with Crippen LogP contribution in [0, 0.1) is 13.8 Å². The molecule has 3 heterocycles. The Morgan fingerprint density at radius 2 is 1.90 bits per heavy atom. The summed E-state index contributed by atoms with van der Waals surface area (Å²) in [6, 6.07) is 13.2. The van der Waals surface area contributed by atoms with Gasteiger partial charge in [0.05, 0.1) is 11.4 Å². The molecule has 0 saturated heterocycles. The Bertz CT molecular complexity index is 802. The topological polar surface area (TPSA) is 42.7 Å². The van der Waals surface area contributed by atoms with Crippen LogP contribution < -0.4 is 5.32 Å². The van der Waals surface area contributed by atoms with Gasteiger partial charge in [0, 0.05) is 12.2 Å². The molecule has 106 valence electrons. The van der Waals surface area contributed by atoms with Gasteiger partial charge in [0.15, 0.2) is 5.65 Å². The van der Waals surface area contributed by atoms with Gasteiger partial charge in [-0.3, -0.25) is 0 Å². The van der Waals surface area contributed by atoms with Gasteiger partial charge in [-0.25, -0.2) is 9.67 Å². The lowest BCUT2D eigenvalue weighted by atomic mass is 10.0. The second kappa shape index (κ2) is 4.58. The molecule has 1 aromatic carbocycles. The van der Waals surface area contributed by atoms with Crippen molar-refractivity contribution in [3.8, 4) is 0 Å². The lowest BCUT2D eigenvalue weighted by molar-refractivity contribution is 0.485. The molecule has 1 aliphatic heterocycles. The third-order valence-electron chi connectivity index (χ3n) is 4.17. The lowest BCUT2D eigenvalue weighted by Gasteiger charge is -2.26. The highest BCUT2D eigenvalue weighted by Crippen LogP contribution is 2.33. The average molecular weight is 278 g/mol. The normalized spacial score (nSPS) is 17.5. The molecule has 21 heavy (non-hydrogen) atoms. The Hall–Kier alpha value is -2.36. The Kier molecular flexibility index (Phi) is 2.70. The third-order valence-corrected chi connectivity index (χ3v) is 4.17. The number of aromatic nitrogens is 3. The van der Waals surface area contributed by atoms with Gasteiger partial charge in [-0.2, -0.15) is 0 Å². The zero-order chi connectivity index (χ0) is 14.4. The van der Waals surface area contributed by atoms with E-state index in [-0.39, 0.29) is 6.04 Å². The Labute approximate surface area is 123 Å². The maximum Gasteiger partial charge on any atom is 0.183 e. The minimum absolute atomic E-state index is 0.288. The zero-order valence-corrected chi connectivity index (χ0v) is 12.3. The van der Waals surface area contributed by atoms with E-state index in [9.17, 15) is 0 Å². The fraction of sp³-hybridized carbons (Fsp3) is 0.294. The van der Waals surface area contributed by atoms with Gasteiger partial charge in [0.1, 0.15) is 5.82 Å². The van der Waals surface area contributed by atoms with E-state index in [0.717, 1.165) is 35.5 Å². The molecule has 0 spiro atoms. The molecule has 4 nitrogen and oxygen atoms in total. The zero-order valence-electron chi connectivity index (χ0n) is 12.3. The molecule has 1 aliphatic rings. The van der Waals surface area contributed by atoms with Crippen LogP contribution in [0.5, 0.6) is 0 Å². The van der Waals surface area contributed by atoms with Gasteiger partial charge < -0.3 is 5.32 Å². The number of nitrogens with zero attached hydrogens (tertiary/aromatic N) is 3. The van der Waals surface area contributed by atoms with Crippen molar-refractivity contribution in [3.05, 3.63) is 53.2 Å². The van der Waals surface area contributed by atoms with Gasteiger partial charge in [-0.15, -0.1) is 5.10 Å². The SMILES string of the molecule is Cc1ccc(C2CCNc3c4ccc(C)nc4nn32)cc1. The summed E-state index contributed by atoms with van der Waals surface area (Å²) in [5.41, 5.74) is 4.44. The first-order chi connectivity index (χ1) is 10.2. The van der Waals surface area contributed by atoms with Gasteiger partial charge in [0.2, 0.25) is 0 Å². The van der Waals surface area contributed by atoms with Gasteiger partial charge in [-0.05, 0) is 38.0 Å². The summed E-state index contributed by atoms with van der Waals surface area (Å²) in [5.74, 6) is 1.09. The number of fused-ring (bicyclic) bond motifs is 3. The summed E-state index contributed by atoms with van der Waals surface area (Å²) < 4.78 is 2.10. The predicted octanol–water partition coefficient (Wildman–Crippen LogP) is 3.45. The van der Waals surface area contributed by atoms with Gasteiger partial charge >= 0.3 is 0 Å². The summed E-state index contributed by atoms with van der Waals surface area (Å²) in [6.45, 7) is 5.09. The monoisotopic (exact) mass is 278 g/mol. The molecular weight excluding hydrogens is 260 g/mol. The summed E-state index contributed by atoms with van der Waals surface area (Å²) in [5, 5.41) is 9.32. The second-order valence-corrected chi connectivity index (χ2v) is 5.76. The smallest absolute Gasteiger partial charge is 0.183 e. The van der Waals surface area contributed by atoms with Crippen molar-refractivity contribution in [1.82, 2.24) is 14.8 Å². The number of hydrogen-bond donors (Lipinski definition) is 1. The highest BCUT2D eigenvalue weighted by molar-refractivity contribution is 5.88. The first-order valence-corrected chi connectivity index (χ1v) is 7.39. The molecule has 4 heteroatoms. The van der Waals surface area contributed by atoms with Crippen LogP contribution in [0.15, 0.2) is 36.4 Å². The van der Waals surface area contributed by atoms with E-state index < -0.39 is 0 Å². The molecule has 0 fully saturated rings. The van der Waals surface area contributed by atoms with E-state index in [2.05, 4.69) is 52.2 Å². The fourth-order valence-electron chi connectivity index (χ4n) is 3.03. The highest BCUT2D eigenvalue weighted by atomic mass is 15.4. The van der Waals surface area contributed by atoms with Crippen molar-refractivity contribution in [3.63, 3.8) is 0 Å². The molecule has 0 bridgehead atoms. The molecule has 0 aliphatic carbocycles. The molecular formula is C17H18N4. The predicted molar refractivity (Wildman–Crippen MR) is 84.7 cm³/mol. The maximum atomic E-state index is 4.74. The van der Waals surface area contributed by atoms with Crippen molar-refractivity contribution in [2.24, 2.45) is 0 Å². The van der Waals surface area contributed by atoms with Crippen LogP contribution in [-0.2, 0) is 0 Å². The molecule has 2 aromatic heterocycles. The van der Waals surface area contributed by atoms with Crippen molar-refractivity contribution >= 4 is 16.9 Å². The Morgan fingerprint density at radius 1 is 1.10 bits per heavy atom. The van der Waals surface area contributed by atoms with E-state index in [1.54, 1.807) is 0 Å². The number of aryl methyl sites for hydroxylation is 2. The lowest BCUT2D eigenvalue weighted by Crippen LogP contribution is -2.24. The van der Waals surface area contributed by atoms with Crippen molar-refractivity contribution in [2.45, 2.75) is 26.3 Å². The molecule has 1 unspecified atom stereocenters. The molecule has 0 amide bonds. The highest BCUT2D eigenvalue weighted by Gasteiger charge is 2.24.